The number of nitrogens with one attached hydrogen (secondary N) is 2. The van der Waals surface area contributed by atoms with E-state index in [1.54, 1.807) is 36.6 Å². The summed E-state index contributed by atoms with van der Waals surface area (Å²) in [6, 6.07) is -1.73. The number of carbonyl (C=O) groups is 5. The molecule has 3 amide bonds. The number of nitrogens with zero attached hydrogens (tertiary/aromatic N) is 5. The van der Waals surface area contributed by atoms with Crippen LogP contribution in [0.3, 0.4) is 0 Å². The number of aromatic nitrogens is 3. The van der Waals surface area contributed by atoms with Crippen LogP contribution in [-0.4, -0.2) is 106 Å². The number of esters is 2. The Balaban J connectivity index is 1.49. The van der Waals surface area contributed by atoms with Crippen molar-refractivity contribution in [1.29, 1.82) is 0 Å². The first kappa shape index (κ1) is 41.8. The van der Waals surface area contributed by atoms with Crippen molar-refractivity contribution < 1.29 is 33.4 Å². The normalized spacial score (nSPS) is 19.0. The van der Waals surface area contributed by atoms with Gasteiger partial charge in [0, 0.05) is 56.7 Å². The molecule has 2 N–H and O–H groups in total. The molecule has 0 unspecified atom stereocenters. The number of aryl methyl sites for hydroxylation is 1. The fourth-order valence-electron chi connectivity index (χ4n) is 7.07. The number of likely N-dealkylation sites (tertiary alicyclic amines) is 1. The van der Waals surface area contributed by atoms with Gasteiger partial charge in [0.05, 0.1) is 19.1 Å². The lowest BCUT2D eigenvalue weighted by molar-refractivity contribution is -0.149. The molecule has 0 bridgehead atoms. The summed E-state index contributed by atoms with van der Waals surface area (Å²) in [7, 11) is 3.07. The lowest BCUT2D eigenvalue weighted by Crippen LogP contribution is -2.57. The molecule has 1 aliphatic heterocycles. The van der Waals surface area contributed by atoms with Crippen LogP contribution in [0.25, 0.3) is 0 Å². The van der Waals surface area contributed by atoms with Crippen molar-refractivity contribution in [2.75, 3.05) is 27.2 Å². The zero-order chi connectivity index (χ0) is 38.8. The molecule has 2 aromatic rings. The summed E-state index contributed by atoms with van der Waals surface area (Å²) in [5, 5.41) is 8.14. The molecular formula is C38H57N7O7S. The highest BCUT2D eigenvalue weighted by Crippen LogP contribution is 2.36. The van der Waals surface area contributed by atoms with Crippen molar-refractivity contribution in [2.45, 2.75) is 123 Å². The Morgan fingerprint density at radius 2 is 1.74 bits per heavy atom. The molecule has 2 fully saturated rings. The van der Waals surface area contributed by atoms with E-state index in [4.69, 9.17) is 9.47 Å². The molecule has 2 aliphatic rings. The topological polar surface area (TPSA) is 173 Å². The van der Waals surface area contributed by atoms with Crippen molar-refractivity contribution in [3.8, 4) is 0 Å². The molecular weight excluding hydrogens is 699 g/mol. The minimum Gasteiger partial charge on any atom is -0.469 e. The van der Waals surface area contributed by atoms with E-state index in [-0.39, 0.29) is 54.3 Å². The Hall–Kier alpha value is -3.98. The molecule has 1 saturated heterocycles. The summed E-state index contributed by atoms with van der Waals surface area (Å²) >= 11 is 1.19. The van der Waals surface area contributed by atoms with E-state index in [1.165, 1.54) is 25.4 Å². The SMILES string of the molecule is CCN1CCCC[C@@H]1C(=O)N[C@H](C(=O)N(C)[C@H](C[C@@H](OC(C)=O)c1nc(C(=O)N[C@@H](Cc2ncc(C)cn2)C[C@H](C)C(=O)OC)cs1)C(C)C)C1CC1. The minimum atomic E-state index is -0.827. The number of thiazole rings is 1. The number of amides is 3. The second-order valence-electron chi connectivity index (χ2n) is 14.8. The summed E-state index contributed by atoms with van der Waals surface area (Å²) in [5.74, 6) is -1.54. The minimum absolute atomic E-state index is 0.0317. The highest BCUT2D eigenvalue weighted by Gasteiger charge is 2.42. The van der Waals surface area contributed by atoms with Crippen molar-refractivity contribution in [3.05, 3.63) is 39.9 Å². The molecule has 3 heterocycles. The van der Waals surface area contributed by atoms with Crippen LogP contribution in [0.5, 0.6) is 0 Å². The number of hydrogen-bond acceptors (Lipinski definition) is 12. The van der Waals surface area contributed by atoms with Gasteiger partial charge in [0.1, 0.15) is 22.6 Å². The lowest BCUT2D eigenvalue weighted by atomic mass is 9.95. The van der Waals surface area contributed by atoms with Gasteiger partial charge in [0.25, 0.3) is 5.91 Å². The van der Waals surface area contributed by atoms with Crippen LogP contribution in [0, 0.1) is 24.7 Å². The second kappa shape index (κ2) is 19.4. The van der Waals surface area contributed by atoms with Crippen LogP contribution < -0.4 is 10.6 Å². The first-order valence-electron chi connectivity index (χ1n) is 18.8. The van der Waals surface area contributed by atoms with Gasteiger partial charge in [-0.2, -0.15) is 0 Å². The van der Waals surface area contributed by atoms with Gasteiger partial charge in [-0.05, 0) is 69.5 Å². The maximum absolute atomic E-state index is 14.1. The summed E-state index contributed by atoms with van der Waals surface area (Å²) in [5.41, 5.74) is 1.03. The summed E-state index contributed by atoms with van der Waals surface area (Å²) < 4.78 is 10.7. The van der Waals surface area contributed by atoms with E-state index in [2.05, 4.69) is 37.4 Å². The Labute approximate surface area is 317 Å². The summed E-state index contributed by atoms with van der Waals surface area (Å²) in [4.78, 5) is 83.0. The molecule has 0 spiro atoms. The van der Waals surface area contributed by atoms with Crippen molar-refractivity contribution in [3.63, 3.8) is 0 Å². The van der Waals surface area contributed by atoms with E-state index in [1.807, 2.05) is 20.8 Å². The van der Waals surface area contributed by atoms with Gasteiger partial charge in [-0.15, -0.1) is 11.3 Å². The fourth-order valence-corrected chi connectivity index (χ4v) is 7.91. The molecule has 0 aromatic carbocycles. The first-order chi connectivity index (χ1) is 25.2. The predicted molar refractivity (Wildman–Crippen MR) is 200 cm³/mol. The molecule has 15 heteroatoms. The van der Waals surface area contributed by atoms with Gasteiger partial charge >= 0.3 is 11.9 Å². The van der Waals surface area contributed by atoms with E-state index in [0.29, 0.717) is 17.3 Å². The van der Waals surface area contributed by atoms with Crippen LogP contribution in [0.15, 0.2) is 17.8 Å². The van der Waals surface area contributed by atoms with Gasteiger partial charge < -0.3 is 25.0 Å². The Morgan fingerprint density at radius 3 is 2.34 bits per heavy atom. The fraction of sp³-hybridized carbons (Fsp3) is 0.684. The molecule has 1 aliphatic carbocycles. The Kier molecular flexibility index (Phi) is 15.3. The number of methoxy groups -OCH3 is 1. The molecule has 0 radical (unpaired) electrons. The van der Waals surface area contributed by atoms with Crippen LogP contribution in [0.4, 0.5) is 0 Å². The average molecular weight is 756 g/mol. The van der Waals surface area contributed by atoms with Gasteiger partial charge in [-0.25, -0.2) is 15.0 Å². The third kappa shape index (κ3) is 11.8. The van der Waals surface area contributed by atoms with Crippen LogP contribution in [-0.2, 0) is 35.1 Å². The highest BCUT2D eigenvalue weighted by molar-refractivity contribution is 7.09. The largest absolute Gasteiger partial charge is 0.469 e. The molecule has 4 rings (SSSR count). The number of hydrogen-bond donors (Lipinski definition) is 2. The lowest BCUT2D eigenvalue weighted by Gasteiger charge is -2.37. The zero-order valence-electron chi connectivity index (χ0n) is 32.4. The number of likely N-dealkylation sites (N-methyl/N-ethyl adjacent to an activating group) is 2. The maximum Gasteiger partial charge on any atom is 0.308 e. The van der Waals surface area contributed by atoms with Gasteiger partial charge in [-0.3, -0.25) is 28.9 Å². The number of piperidine rings is 1. The third-order valence-electron chi connectivity index (χ3n) is 10.2. The van der Waals surface area contributed by atoms with Crippen LogP contribution in [0.1, 0.15) is 113 Å². The number of carbonyl (C=O) groups excluding carboxylic acids is 5. The Morgan fingerprint density at radius 1 is 1.04 bits per heavy atom. The molecule has 6 atom stereocenters. The zero-order valence-corrected chi connectivity index (χ0v) is 33.2. The van der Waals surface area contributed by atoms with Gasteiger partial charge in [-0.1, -0.05) is 34.1 Å². The number of ether oxygens (including phenoxy) is 2. The first-order valence-corrected chi connectivity index (χ1v) is 19.7. The van der Waals surface area contributed by atoms with Crippen molar-refractivity contribution in [2.24, 2.45) is 17.8 Å². The van der Waals surface area contributed by atoms with Crippen molar-refractivity contribution >= 4 is 41.0 Å². The summed E-state index contributed by atoms with van der Waals surface area (Å²) in [6.07, 6.45) is 7.97. The van der Waals surface area contributed by atoms with Crippen molar-refractivity contribution in [1.82, 2.24) is 35.4 Å². The molecule has 14 nitrogen and oxygen atoms in total. The van der Waals surface area contributed by atoms with Crippen LogP contribution >= 0.6 is 11.3 Å². The summed E-state index contributed by atoms with van der Waals surface area (Å²) in [6.45, 7) is 12.6. The maximum atomic E-state index is 14.1. The van der Waals surface area contributed by atoms with E-state index >= 15 is 0 Å². The smallest absolute Gasteiger partial charge is 0.308 e. The Bertz CT molecular complexity index is 1560. The quantitative estimate of drug-likeness (QED) is 0.211. The second-order valence-corrected chi connectivity index (χ2v) is 15.7. The molecule has 53 heavy (non-hydrogen) atoms. The van der Waals surface area contributed by atoms with Crippen LogP contribution in [0.2, 0.25) is 0 Å². The highest BCUT2D eigenvalue weighted by atomic mass is 32.1. The molecule has 2 aromatic heterocycles. The van der Waals surface area contributed by atoms with Gasteiger partial charge in [0.15, 0.2) is 6.10 Å². The number of rotatable bonds is 18. The third-order valence-corrected chi connectivity index (χ3v) is 11.2. The molecule has 292 valence electrons. The standard InChI is InChI=1S/C38H57N7O7S/c1-9-45-15-11-10-12-29(45)35(48)43-33(26-13-14-26)37(49)44(7)30(22(2)3)18-31(52-25(6)46)36-42-28(21-53-36)34(47)41-27(16-24(5)38(50)51-8)17-32-39-19-23(4)20-40-32/h19-22,24,26-27,29-31,33H,9-18H2,1-8H3,(H,41,47)(H,43,48)/t24-,27+,29+,30+,31+,33-/m0/s1. The monoisotopic (exact) mass is 755 g/mol. The van der Waals surface area contributed by atoms with Gasteiger partial charge in [0.2, 0.25) is 11.8 Å². The van der Waals surface area contributed by atoms with E-state index in [0.717, 1.165) is 50.8 Å². The van der Waals surface area contributed by atoms with E-state index in [9.17, 15) is 24.0 Å². The molecule has 1 saturated carbocycles. The average Bonchev–Trinajstić information content (AvgIpc) is 3.86. The van der Waals surface area contributed by atoms with E-state index < -0.39 is 42.0 Å². The predicted octanol–water partition coefficient (Wildman–Crippen LogP) is 4.03.